The molecule has 10 atom stereocenters. The van der Waals surface area contributed by atoms with Crippen LogP contribution >= 0.6 is 0 Å². The Bertz CT molecular complexity index is 2720. The second-order valence-electron chi connectivity index (χ2n) is 23.3. The number of hydrogen-bond donors (Lipinski definition) is 3. The number of aliphatic hydroxyl groups excluding tert-OH is 3. The van der Waals surface area contributed by atoms with Crippen LogP contribution in [0.5, 0.6) is 0 Å². The third-order valence-corrected chi connectivity index (χ3v) is 30.5. The molecule has 0 bridgehead atoms. The van der Waals surface area contributed by atoms with Crippen LogP contribution < -0.4 is 31.1 Å². The van der Waals surface area contributed by atoms with E-state index in [1.807, 2.05) is 133 Å². The molecule has 8 rings (SSSR count). The highest BCUT2D eigenvalue weighted by atomic mass is 28.4. The Balaban J connectivity index is 1.26. The third-order valence-electron chi connectivity index (χ3n) is 15.5. The number of benzene rings is 6. The fourth-order valence-electron chi connectivity index (χ4n) is 11.9. The van der Waals surface area contributed by atoms with Crippen molar-refractivity contribution in [3.63, 3.8) is 0 Å². The van der Waals surface area contributed by atoms with Gasteiger partial charge in [-0.1, -0.05) is 249 Å². The lowest BCUT2D eigenvalue weighted by Crippen LogP contribution is -2.73. The first-order valence-corrected chi connectivity index (χ1v) is 32.3. The van der Waals surface area contributed by atoms with Crippen molar-refractivity contribution in [1.29, 1.82) is 0 Å². The molecule has 0 saturated carbocycles. The highest BCUT2D eigenvalue weighted by Gasteiger charge is 2.59. The second-order valence-corrected chi connectivity index (χ2v) is 36.1. The lowest BCUT2D eigenvalue weighted by Gasteiger charge is -2.52. The maximum atomic E-state index is 13.1. The van der Waals surface area contributed by atoms with Gasteiger partial charge in [0.05, 0.1) is 19.3 Å². The van der Waals surface area contributed by atoms with E-state index in [0.717, 1.165) is 31.1 Å². The Morgan fingerprint density at radius 1 is 0.455 bits per heavy atom. The lowest BCUT2D eigenvalue weighted by atomic mass is 9.96. The molecule has 3 N–H and O–H groups in total. The number of nitrogens with zero attached hydrogens (tertiary/aromatic N) is 3. The van der Waals surface area contributed by atoms with Crippen LogP contribution in [0.25, 0.3) is 10.4 Å². The van der Waals surface area contributed by atoms with Gasteiger partial charge in [-0.25, -0.2) is 0 Å². The van der Waals surface area contributed by atoms with Gasteiger partial charge < -0.3 is 47.5 Å². The molecule has 13 nitrogen and oxygen atoms in total. The predicted octanol–water partition coefficient (Wildman–Crippen LogP) is 7.33. The van der Waals surface area contributed by atoms with Crippen molar-refractivity contribution in [2.24, 2.45) is 5.11 Å². The second kappa shape index (κ2) is 24.1. The smallest absolute Gasteiger partial charge is 0.261 e. The first kappa shape index (κ1) is 58.0. The molecule has 2 aliphatic rings. The molecular weight excluding hydrogens is 1020 g/mol. The van der Waals surface area contributed by atoms with Crippen molar-refractivity contribution in [3.8, 4) is 0 Å². The zero-order valence-corrected chi connectivity index (χ0v) is 49.0. The maximum Gasteiger partial charge on any atom is 0.261 e. The van der Waals surface area contributed by atoms with E-state index in [1.165, 1.54) is 7.11 Å². The molecule has 2 fully saturated rings. The van der Waals surface area contributed by atoms with Gasteiger partial charge in [0.2, 0.25) is 0 Å². The van der Waals surface area contributed by atoms with Crippen molar-refractivity contribution in [1.82, 2.24) is 0 Å². The first-order valence-electron chi connectivity index (χ1n) is 26.6. The number of rotatable bonds is 18. The van der Waals surface area contributed by atoms with Crippen molar-refractivity contribution >= 4 is 56.1 Å². The fraction of sp³-hybridized carbons (Fsp3) is 0.410. The molecule has 408 valence electrons. The van der Waals surface area contributed by atoms with Gasteiger partial charge in [0.15, 0.2) is 12.6 Å². The van der Waals surface area contributed by atoms with E-state index in [1.54, 1.807) is 0 Å². The summed E-state index contributed by atoms with van der Waals surface area (Å²) in [7, 11) is -8.61. The summed E-state index contributed by atoms with van der Waals surface area (Å²) in [5, 5.41) is 47.2. The van der Waals surface area contributed by atoms with Gasteiger partial charge in [-0.2, -0.15) is 0 Å². The molecule has 2 heterocycles. The van der Waals surface area contributed by atoms with Crippen LogP contribution in [0, 0.1) is 0 Å². The molecule has 2 aliphatic heterocycles. The Morgan fingerprint density at radius 2 is 0.779 bits per heavy atom. The Hall–Kier alpha value is -5.12. The Kier molecular flexibility index (Phi) is 18.2. The minimum Gasteiger partial charge on any atom is -0.405 e. The molecule has 16 heteroatoms. The minimum atomic E-state index is -3.53. The van der Waals surface area contributed by atoms with Gasteiger partial charge >= 0.3 is 0 Å². The summed E-state index contributed by atoms with van der Waals surface area (Å²) in [5.41, 5.74) is 9.88. The van der Waals surface area contributed by atoms with Crippen molar-refractivity contribution < 1.29 is 47.5 Å². The summed E-state index contributed by atoms with van der Waals surface area (Å²) in [5.74, 6) is 0. The van der Waals surface area contributed by atoms with E-state index in [0.29, 0.717) is 0 Å². The molecule has 0 aromatic heterocycles. The molecule has 0 spiro atoms. The van der Waals surface area contributed by atoms with Gasteiger partial charge in [0.1, 0.15) is 42.7 Å². The molecular formula is C61H77N3O10Si3. The molecule has 0 amide bonds. The molecule has 6 aromatic rings. The SMILES string of the molecule is CO[C@@H]1O[C@H](CO[Si](c2ccccc2)(c2ccccc2)C(C)(C)C)[C@@H](O[C@@H]2O[C@H](CO[Si](c3ccccc3)(c3ccccc3)C(C)(C)C)[C@H](O)[C@H](O[Si](c3ccccc3)(c3ccccc3)C(C)(C)C)[C@H]2O)[C@H](O)[C@H]1N=[N+]=[N-]. The molecule has 0 aliphatic carbocycles. The highest BCUT2D eigenvalue weighted by molar-refractivity contribution is 7.00. The van der Waals surface area contributed by atoms with Crippen molar-refractivity contribution in [2.75, 3.05) is 20.3 Å². The third kappa shape index (κ3) is 11.4. The summed E-state index contributed by atoms with van der Waals surface area (Å²) in [6, 6.07) is 59.5. The van der Waals surface area contributed by atoms with E-state index in [4.69, 9.17) is 32.2 Å². The van der Waals surface area contributed by atoms with Gasteiger partial charge in [0, 0.05) is 12.0 Å². The molecule has 2 saturated heterocycles. The zero-order valence-electron chi connectivity index (χ0n) is 46.0. The minimum absolute atomic E-state index is 0.119. The normalized spacial score (nSPS) is 24.7. The Morgan fingerprint density at radius 3 is 1.10 bits per heavy atom. The van der Waals surface area contributed by atoms with Crippen LogP contribution in [0.2, 0.25) is 15.1 Å². The van der Waals surface area contributed by atoms with Crippen LogP contribution in [0.3, 0.4) is 0 Å². The number of methoxy groups -OCH3 is 1. The molecule has 77 heavy (non-hydrogen) atoms. The van der Waals surface area contributed by atoms with E-state index >= 15 is 0 Å². The van der Waals surface area contributed by atoms with Gasteiger partial charge in [-0.3, -0.25) is 0 Å². The summed E-state index contributed by atoms with van der Waals surface area (Å²) in [4.78, 5) is 3.08. The zero-order chi connectivity index (χ0) is 55.2. The highest BCUT2D eigenvalue weighted by Crippen LogP contribution is 2.43. The van der Waals surface area contributed by atoms with Crippen LogP contribution in [-0.4, -0.2) is 122 Å². The van der Waals surface area contributed by atoms with Crippen molar-refractivity contribution in [3.05, 3.63) is 192 Å². The van der Waals surface area contributed by atoms with E-state index < -0.39 is 101 Å². The summed E-state index contributed by atoms with van der Waals surface area (Å²) in [6.07, 6.45) is -12.5. The fourth-order valence-corrected chi connectivity index (χ4v) is 25.7. The van der Waals surface area contributed by atoms with Gasteiger partial charge in [-0.15, -0.1) is 0 Å². The number of ether oxygens (including phenoxy) is 4. The first-order chi connectivity index (χ1) is 36.7. The maximum absolute atomic E-state index is 13.1. The van der Waals surface area contributed by atoms with Crippen LogP contribution in [0.1, 0.15) is 62.3 Å². The average molecular weight is 1100 g/mol. The summed E-state index contributed by atoms with van der Waals surface area (Å²) >= 11 is 0. The molecule has 6 aromatic carbocycles. The summed E-state index contributed by atoms with van der Waals surface area (Å²) in [6.45, 7) is 19.1. The predicted molar refractivity (Wildman–Crippen MR) is 310 cm³/mol. The van der Waals surface area contributed by atoms with Crippen molar-refractivity contribution in [2.45, 2.75) is 139 Å². The largest absolute Gasteiger partial charge is 0.405 e. The van der Waals surface area contributed by atoms with E-state index in [-0.39, 0.29) is 13.2 Å². The van der Waals surface area contributed by atoms with Gasteiger partial charge in [0.25, 0.3) is 25.0 Å². The van der Waals surface area contributed by atoms with Crippen LogP contribution in [0.4, 0.5) is 0 Å². The van der Waals surface area contributed by atoms with Crippen LogP contribution in [-0.2, 0) is 32.2 Å². The quantitative estimate of drug-likeness (QED) is 0.0343. The number of hydrogen-bond acceptors (Lipinski definition) is 11. The van der Waals surface area contributed by atoms with E-state index in [9.17, 15) is 20.9 Å². The Labute approximate surface area is 458 Å². The summed E-state index contributed by atoms with van der Waals surface area (Å²) < 4.78 is 49.0. The standard InChI is InChI=1S/C61H77N3O10Si3/c1-59(2,3)75(43-29-17-11-18-30-43,44-31-19-12-20-32-44)69-41-49-52(65)56(74-77(61(7,8)9,47-37-25-15-26-38-47)48-39-27-16-28-40-48)54(67)58(71-49)73-55-50(72-57(68-10)51(53(55)66)63-64-62)42-70-76(60(4,5)6,45-33-21-13-22-34-45)46-35-23-14-24-36-46/h11-40,49-58,65-67H,41-42H2,1-10H3/t49-,50-,51-,52+,53-,54-,55-,56+,57-,58+/m1/s1. The van der Waals surface area contributed by atoms with Crippen LogP contribution in [0.15, 0.2) is 187 Å². The number of aliphatic hydroxyl groups is 3. The molecule has 0 radical (unpaired) electrons. The lowest BCUT2D eigenvalue weighted by molar-refractivity contribution is -0.343. The molecule has 0 unspecified atom stereocenters. The van der Waals surface area contributed by atoms with E-state index in [2.05, 4.69) is 121 Å². The average Bonchev–Trinajstić information content (AvgIpc) is 3.44. The number of azide groups is 1. The monoisotopic (exact) mass is 1100 g/mol. The van der Waals surface area contributed by atoms with Gasteiger partial charge in [-0.05, 0) is 51.8 Å². The topological polar surface area (TPSA) is 174 Å².